The molecular weight excluding hydrogens is 164 g/mol. The molecule has 0 spiro atoms. The zero-order valence-corrected chi connectivity index (χ0v) is 9.21. The molecule has 13 heavy (non-hydrogen) atoms. The summed E-state index contributed by atoms with van der Waals surface area (Å²) in [4.78, 5) is 13.3. The summed E-state index contributed by atoms with van der Waals surface area (Å²) in [6.45, 7) is 10.1. The molecule has 0 aromatic carbocycles. The fourth-order valence-electron chi connectivity index (χ4n) is 1.56. The molecular formula is C10H22N2O. The summed E-state index contributed by atoms with van der Waals surface area (Å²) >= 11 is 0. The van der Waals surface area contributed by atoms with Crippen molar-refractivity contribution in [2.75, 3.05) is 13.1 Å². The third-order valence-corrected chi connectivity index (χ3v) is 2.28. The maximum atomic E-state index is 11.2. The lowest BCUT2D eigenvalue weighted by molar-refractivity contribution is -0.123. The maximum absolute atomic E-state index is 11.2. The fourth-order valence-corrected chi connectivity index (χ4v) is 1.56. The highest BCUT2D eigenvalue weighted by molar-refractivity contribution is 5.79. The first-order valence-electron chi connectivity index (χ1n) is 5.06. The molecule has 0 radical (unpaired) electrons. The first kappa shape index (κ1) is 12.4. The van der Waals surface area contributed by atoms with Gasteiger partial charge in [0.25, 0.3) is 0 Å². The Morgan fingerprint density at radius 3 is 2.00 bits per heavy atom. The molecule has 0 unspecified atom stereocenters. The quantitative estimate of drug-likeness (QED) is 0.678. The van der Waals surface area contributed by atoms with Crippen LogP contribution >= 0.6 is 0 Å². The number of carbonyl (C=O) groups excluding carboxylic acids is 1. The zero-order valence-electron chi connectivity index (χ0n) is 9.21. The molecule has 3 heteroatoms. The van der Waals surface area contributed by atoms with Crippen LogP contribution in [0.3, 0.4) is 0 Å². The topological polar surface area (TPSA) is 46.3 Å². The van der Waals surface area contributed by atoms with E-state index in [9.17, 15) is 4.79 Å². The number of carbonyl (C=O) groups is 1. The van der Waals surface area contributed by atoms with Crippen LogP contribution in [0.25, 0.3) is 0 Å². The van der Waals surface area contributed by atoms with E-state index in [-0.39, 0.29) is 11.9 Å². The van der Waals surface area contributed by atoms with Crippen molar-refractivity contribution in [2.45, 2.75) is 40.2 Å². The van der Waals surface area contributed by atoms with E-state index in [1.165, 1.54) is 0 Å². The fraction of sp³-hybridized carbons (Fsp3) is 0.900. The molecule has 3 nitrogen and oxygen atoms in total. The number of nitrogens with zero attached hydrogens (tertiary/aromatic N) is 1. The number of rotatable bonds is 6. The largest absolute Gasteiger partial charge is 0.368 e. The van der Waals surface area contributed by atoms with Gasteiger partial charge in [-0.1, -0.05) is 27.7 Å². The van der Waals surface area contributed by atoms with Gasteiger partial charge in [0, 0.05) is 0 Å². The second kappa shape index (κ2) is 5.97. The molecule has 78 valence electrons. The van der Waals surface area contributed by atoms with E-state index in [0.717, 1.165) is 19.5 Å². The molecule has 0 aliphatic carbocycles. The molecule has 0 aromatic heterocycles. The Bertz CT molecular complexity index is 153. The van der Waals surface area contributed by atoms with E-state index in [4.69, 9.17) is 5.73 Å². The van der Waals surface area contributed by atoms with Gasteiger partial charge in [0.05, 0.1) is 6.04 Å². The Kier molecular flexibility index (Phi) is 5.71. The summed E-state index contributed by atoms with van der Waals surface area (Å²) in [6.07, 6.45) is 0.858. The Morgan fingerprint density at radius 1 is 1.31 bits per heavy atom. The Balaban J connectivity index is 4.30. The number of primary amides is 1. The van der Waals surface area contributed by atoms with Gasteiger partial charge in [-0.2, -0.15) is 0 Å². The van der Waals surface area contributed by atoms with Gasteiger partial charge < -0.3 is 5.73 Å². The molecule has 0 bridgehead atoms. The minimum atomic E-state index is -0.197. The first-order valence-corrected chi connectivity index (χ1v) is 5.06. The van der Waals surface area contributed by atoms with Crippen molar-refractivity contribution in [3.8, 4) is 0 Å². The molecule has 0 aliphatic heterocycles. The summed E-state index contributed by atoms with van der Waals surface area (Å²) in [7, 11) is 0. The van der Waals surface area contributed by atoms with E-state index in [1.54, 1.807) is 0 Å². The average Bonchev–Trinajstić information content (AvgIpc) is 2.04. The standard InChI is InChI=1S/C10H22N2O/c1-5-12(6-2)9(10(11)13)7-8(3)4/h8-9H,5-7H2,1-4H3,(H2,11,13)/t9-/m0/s1. The van der Waals surface area contributed by atoms with Gasteiger partial charge in [-0.05, 0) is 25.4 Å². The van der Waals surface area contributed by atoms with Crippen LogP contribution in [0.1, 0.15) is 34.1 Å². The molecule has 0 aromatic rings. The Morgan fingerprint density at radius 2 is 1.77 bits per heavy atom. The minimum Gasteiger partial charge on any atom is -0.368 e. The van der Waals surface area contributed by atoms with E-state index in [0.29, 0.717) is 5.92 Å². The number of amides is 1. The normalized spacial score (nSPS) is 13.7. The molecule has 0 saturated carbocycles. The minimum absolute atomic E-state index is 0.0880. The van der Waals surface area contributed by atoms with Crippen molar-refractivity contribution in [1.29, 1.82) is 0 Å². The first-order chi connectivity index (χ1) is 6.02. The zero-order chi connectivity index (χ0) is 10.4. The summed E-state index contributed by atoms with van der Waals surface area (Å²) in [6, 6.07) is -0.0880. The summed E-state index contributed by atoms with van der Waals surface area (Å²) in [5, 5.41) is 0. The Labute approximate surface area is 81.3 Å². The number of hydrogen-bond donors (Lipinski definition) is 1. The lowest BCUT2D eigenvalue weighted by atomic mass is 10.0. The lowest BCUT2D eigenvalue weighted by Crippen LogP contribution is -2.45. The van der Waals surface area contributed by atoms with Crippen molar-refractivity contribution >= 4 is 5.91 Å². The lowest BCUT2D eigenvalue weighted by Gasteiger charge is -2.28. The van der Waals surface area contributed by atoms with Crippen LogP contribution in [0.15, 0.2) is 0 Å². The number of nitrogens with two attached hydrogens (primary N) is 1. The van der Waals surface area contributed by atoms with Gasteiger partial charge in [0.1, 0.15) is 0 Å². The van der Waals surface area contributed by atoms with Crippen LogP contribution in [0.2, 0.25) is 0 Å². The molecule has 0 saturated heterocycles. The van der Waals surface area contributed by atoms with Crippen LogP contribution in [0, 0.1) is 5.92 Å². The van der Waals surface area contributed by atoms with Crippen LogP contribution in [-0.4, -0.2) is 29.9 Å². The van der Waals surface area contributed by atoms with E-state index in [1.807, 2.05) is 0 Å². The second-order valence-corrected chi connectivity index (χ2v) is 3.77. The molecule has 0 rings (SSSR count). The highest BCUT2D eigenvalue weighted by atomic mass is 16.1. The van der Waals surface area contributed by atoms with Crippen molar-refractivity contribution in [1.82, 2.24) is 4.90 Å². The van der Waals surface area contributed by atoms with E-state index < -0.39 is 0 Å². The van der Waals surface area contributed by atoms with Crippen molar-refractivity contribution < 1.29 is 4.79 Å². The van der Waals surface area contributed by atoms with E-state index >= 15 is 0 Å². The average molecular weight is 186 g/mol. The molecule has 0 heterocycles. The van der Waals surface area contributed by atoms with Gasteiger partial charge in [0.15, 0.2) is 0 Å². The summed E-state index contributed by atoms with van der Waals surface area (Å²) in [5.74, 6) is 0.315. The van der Waals surface area contributed by atoms with Crippen molar-refractivity contribution in [2.24, 2.45) is 11.7 Å². The highest BCUT2D eigenvalue weighted by Crippen LogP contribution is 2.10. The van der Waals surface area contributed by atoms with Crippen LogP contribution in [0.4, 0.5) is 0 Å². The second-order valence-electron chi connectivity index (χ2n) is 3.77. The van der Waals surface area contributed by atoms with Gasteiger partial charge in [-0.15, -0.1) is 0 Å². The van der Waals surface area contributed by atoms with E-state index in [2.05, 4.69) is 32.6 Å². The summed E-state index contributed by atoms with van der Waals surface area (Å²) in [5.41, 5.74) is 5.36. The summed E-state index contributed by atoms with van der Waals surface area (Å²) < 4.78 is 0. The van der Waals surface area contributed by atoms with Crippen molar-refractivity contribution in [3.63, 3.8) is 0 Å². The smallest absolute Gasteiger partial charge is 0.234 e. The Hall–Kier alpha value is -0.570. The third kappa shape index (κ3) is 4.27. The molecule has 0 fully saturated rings. The van der Waals surface area contributed by atoms with Crippen molar-refractivity contribution in [3.05, 3.63) is 0 Å². The van der Waals surface area contributed by atoms with Gasteiger partial charge in [-0.3, -0.25) is 9.69 Å². The maximum Gasteiger partial charge on any atom is 0.234 e. The molecule has 2 N–H and O–H groups in total. The van der Waals surface area contributed by atoms with Crippen LogP contribution in [-0.2, 0) is 4.79 Å². The third-order valence-electron chi connectivity index (χ3n) is 2.28. The SMILES string of the molecule is CCN(CC)[C@@H](CC(C)C)C(N)=O. The van der Waals surface area contributed by atoms with Gasteiger partial charge in [-0.25, -0.2) is 0 Å². The highest BCUT2D eigenvalue weighted by Gasteiger charge is 2.21. The molecule has 1 amide bonds. The number of likely N-dealkylation sites (N-methyl/N-ethyl adjacent to an activating group) is 1. The monoisotopic (exact) mass is 186 g/mol. The number of hydrogen-bond acceptors (Lipinski definition) is 2. The van der Waals surface area contributed by atoms with Crippen LogP contribution in [0.5, 0.6) is 0 Å². The predicted molar refractivity (Wildman–Crippen MR) is 55.4 cm³/mol. The molecule has 0 aliphatic rings. The van der Waals surface area contributed by atoms with Crippen LogP contribution < -0.4 is 5.73 Å². The van der Waals surface area contributed by atoms with Gasteiger partial charge >= 0.3 is 0 Å². The predicted octanol–water partition coefficient (Wildman–Crippen LogP) is 1.23. The molecule has 1 atom stereocenters. The van der Waals surface area contributed by atoms with Gasteiger partial charge in [0.2, 0.25) is 5.91 Å².